The van der Waals surface area contributed by atoms with E-state index in [4.69, 9.17) is 0 Å². The Morgan fingerprint density at radius 1 is 1.19 bits per heavy atom. The lowest BCUT2D eigenvalue weighted by atomic mass is 10.2. The van der Waals surface area contributed by atoms with Gasteiger partial charge in [0.05, 0.1) is 0 Å². The van der Waals surface area contributed by atoms with E-state index >= 15 is 0 Å². The smallest absolute Gasteiger partial charge is 0.314 e. The molecule has 108 valence electrons. The van der Waals surface area contributed by atoms with Gasteiger partial charge in [-0.2, -0.15) is 0 Å². The van der Waals surface area contributed by atoms with Gasteiger partial charge in [0.1, 0.15) is 5.82 Å². The van der Waals surface area contributed by atoms with Crippen LogP contribution in [0, 0.1) is 5.82 Å². The summed E-state index contributed by atoms with van der Waals surface area (Å²) in [5.41, 5.74) is 1.52. The number of para-hydroxylation sites is 1. The van der Waals surface area contributed by atoms with Crippen molar-refractivity contribution in [3.05, 3.63) is 72.2 Å². The quantitative estimate of drug-likeness (QED) is 0.903. The SMILES string of the molecule is CCN(C(=O)N/C=C/c1cccc(F)c1)c1ccccc1. The maximum atomic E-state index is 13.0. The fraction of sp³-hybridized carbons (Fsp3) is 0.118. The van der Waals surface area contributed by atoms with Gasteiger partial charge < -0.3 is 5.32 Å². The minimum Gasteiger partial charge on any atom is -0.314 e. The van der Waals surface area contributed by atoms with E-state index in [1.54, 1.807) is 23.1 Å². The first kappa shape index (κ1) is 14.8. The van der Waals surface area contributed by atoms with Gasteiger partial charge in [0.2, 0.25) is 0 Å². The molecule has 0 aliphatic heterocycles. The van der Waals surface area contributed by atoms with Gasteiger partial charge in [-0.05, 0) is 42.8 Å². The van der Waals surface area contributed by atoms with Crippen LogP contribution in [0.5, 0.6) is 0 Å². The van der Waals surface area contributed by atoms with E-state index < -0.39 is 0 Å². The number of hydrogen-bond acceptors (Lipinski definition) is 1. The Morgan fingerprint density at radius 3 is 2.62 bits per heavy atom. The Morgan fingerprint density at radius 2 is 1.95 bits per heavy atom. The third-order valence-corrected chi connectivity index (χ3v) is 2.96. The number of carbonyl (C=O) groups is 1. The normalized spacial score (nSPS) is 10.6. The van der Waals surface area contributed by atoms with Crippen LogP contribution in [-0.2, 0) is 0 Å². The molecule has 0 atom stereocenters. The van der Waals surface area contributed by atoms with Crippen LogP contribution in [0.25, 0.3) is 6.08 Å². The average molecular weight is 284 g/mol. The zero-order valence-electron chi connectivity index (χ0n) is 11.8. The average Bonchev–Trinajstić information content (AvgIpc) is 2.49. The fourth-order valence-corrected chi connectivity index (χ4v) is 1.95. The molecule has 4 heteroatoms. The van der Waals surface area contributed by atoms with Crippen molar-refractivity contribution in [1.29, 1.82) is 0 Å². The number of anilines is 1. The first-order valence-electron chi connectivity index (χ1n) is 6.76. The van der Waals surface area contributed by atoms with Crippen LogP contribution >= 0.6 is 0 Å². The molecule has 1 N–H and O–H groups in total. The molecule has 2 rings (SSSR count). The Bertz CT molecular complexity index is 626. The molecule has 21 heavy (non-hydrogen) atoms. The Balaban J connectivity index is 2.00. The summed E-state index contributed by atoms with van der Waals surface area (Å²) in [4.78, 5) is 13.7. The van der Waals surface area contributed by atoms with Crippen molar-refractivity contribution in [2.24, 2.45) is 0 Å². The van der Waals surface area contributed by atoms with Crippen LogP contribution in [0.3, 0.4) is 0 Å². The van der Waals surface area contributed by atoms with Gasteiger partial charge in [-0.25, -0.2) is 9.18 Å². The molecule has 0 fully saturated rings. The number of benzene rings is 2. The van der Waals surface area contributed by atoms with Crippen LogP contribution in [0.15, 0.2) is 60.8 Å². The first-order chi connectivity index (χ1) is 10.2. The molecule has 0 aliphatic rings. The molecule has 3 nitrogen and oxygen atoms in total. The number of carbonyl (C=O) groups excluding carboxylic acids is 1. The van der Waals surface area contributed by atoms with Gasteiger partial charge in [0, 0.05) is 18.4 Å². The van der Waals surface area contributed by atoms with E-state index in [2.05, 4.69) is 5.32 Å². The third-order valence-electron chi connectivity index (χ3n) is 2.96. The van der Waals surface area contributed by atoms with E-state index in [9.17, 15) is 9.18 Å². The molecular weight excluding hydrogens is 267 g/mol. The number of amides is 2. The largest absolute Gasteiger partial charge is 0.325 e. The lowest BCUT2D eigenvalue weighted by Crippen LogP contribution is -2.37. The van der Waals surface area contributed by atoms with Crippen LogP contribution in [-0.4, -0.2) is 12.6 Å². The highest BCUT2D eigenvalue weighted by Gasteiger charge is 2.11. The number of urea groups is 1. The molecule has 0 bridgehead atoms. The fourth-order valence-electron chi connectivity index (χ4n) is 1.95. The third kappa shape index (κ3) is 4.18. The van der Waals surface area contributed by atoms with Crippen LogP contribution in [0.1, 0.15) is 12.5 Å². The predicted molar refractivity (Wildman–Crippen MR) is 83.4 cm³/mol. The molecule has 0 heterocycles. The van der Waals surface area contributed by atoms with Gasteiger partial charge in [-0.15, -0.1) is 0 Å². The van der Waals surface area contributed by atoms with E-state index in [1.165, 1.54) is 18.3 Å². The molecule has 2 aromatic carbocycles. The molecule has 2 aromatic rings. The second-order valence-electron chi connectivity index (χ2n) is 4.42. The Hall–Kier alpha value is -2.62. The minimum atomic E-state index is -0.303. The Labute approximate surface area is 123 Å². The Kier molecular flexibility index (Phi) is 5.10. The highest BCUT2D eigenvalue weighted by Crippen LogP contribution is 2.12. The second kappa shape index (κ2) is 7.24. The van der Waals surface area contributed by atoms with Crippen molar-refractivity contribution in [1.82, 2.24) is 5.32 Å². The van der Waals surface area contributed by atoms with Gasteiger partial charge in [-0.1, -0.05) is 30.3 Å². The van der Waals surface area contributed by atoms with Crippen LogP contribution in [0.4, 0.5) is 14.9 Å². The lowest BCUT2D eigenvalue weighted by molar-refractivity contribution is 0.249. The molecular formula is C17H17FN2O. The van der Waals surface area contributed by atoms with Crippen LogP contribution < -0.4 is 10.2 Å². The molecule has 0 aromatic heterocycles. The number of halogens is 1. The summed E-state index contributed by atoms with van der Waals surface area (Å²) in [6.45, 7) is 2.46. The minimum absolute atomic E-state index is 0.226. The van der Waals surface area contributed by atoms with E-state index in [1.807, 2.05) is 37.3 Å². The van der Waals surface area contributed by atoms with E-state index in [0.717, 1.165) is 5.69 Å². The molecule has 0 saturated carbocycles. The summed E-state index contributed by atoms with van der Waals surface area (Å²) >= 11 is 0. The highest BCUT2D eigenvalue weighted by atomic mass is 19.1. The van der Waals surface area contributed by atoms with Crippen molar-refractivity contribution < 1.29 is 9.18 Å². The zero-order valence-corrected chi connectivity index (χ0v) is 11.8. The van der Waals surface area contributed by atoms with Gasteiger partial charge in [0.25, 0.3) is 0 Å². The summed E-state index contributed by atoms with van der Waals surface area (Å²) < 4.78 is 13.0. The molecule has 0 spiro atoms. The molecule has 0 saturated heterocycles. The first-order valence-corrected chi connectivity index (χ1v) is 6.76. The lowest BCUT2D eigenvalue weighted by Gasteiger charge is -2.20. The summed E-state index contributed by atoms with van der Waals surface area (Å²) in [5.74, 6) is -0.303. The maximum Gasteiger partial charge on any atom is 0.325 e. The van der Waals surface area contributed by atoms with E-state index in [0.29, 0.717) is 12.1 Å². The highest BCUT2D eigenvalue weighted by molar-refractivity contribution is 5.92. The van der Waals surface area contributed by atoms with Gasteiger partial charge in [0.15, 0.2) is 0 Å². The molecule has 2 amide bonds. The second-order valence-corrected chi connectivity index (χ2v) is 4.42. The van der Waals surface area contributed by atoms with Crippen molar-refractivity contribution >= 4 is 17.8 Å². The van der Waals surface area contributed by atoms with Crippen molar-refractivity contribution in [3.63, 3.8) is 0 Å². The summed E-state index contributed by atoms with van der Waals surface area (Å²) in [7, 11) is 0. The number of nitrogens with zero attached hydrogens (tertiary/aromatic N) is 1. The topological polar surface area (TPSA) is 32.3 Å². The predicted octanol–water partition coefficient (Wildman–Crippen LogP) is 4.03. The number of nitrogens with one attached hydrogen (secondary N) is 1. The molecule has 0 aliphatic carbocycles. The molecule has 0 unspecified atom stereocenters. The van der Waals surface area contributed by atoms with Crippen molar-refractivity contribution in [3.8, 4) is 0 Å². The van der Waals surface area contributed by atoms with Crippen molar-refractivity contribution in [2.45, 2.75) is 6.92 Å². The van der Waals surface area contributed by atoms with Gasteiger partial charge in [-0.3, -0.25) is 4.90 Å². The van der Waals surface area contributed by atoms with Crippen LogP contribution in [0.2, 0.25) is 0 Å². The summed E-state index contributed by atoms with van der Waals surface area (Å²) in [5, 5.41) is 2.68. The standard InChI is InChI=1S/C17H17FN2O/c1-2-20(16-9-4-3-5-10-16)17(21)19-12-11-14-7-6-8-15(18)13-14/h3-13H,2H2,1H3,(H,19,21)/b12-11+. The summed E-state index contributed by atoms with van der Waals surface area (Å²) in [6.07, 6.45) is 3.17. The maximum absolute atomic E-state index is 13.0. The monoisotopic (exact) mass is 284 g/mol. The zero-order chi connectivity index (χ0) is 15.1. The molecule has 0 radical (unpaired) electrons. The number of rotatable bonds is 4. The number of hydrogen-bond donors (Lipinski definition) is 1. The van der Waals surface area contributed by atoms with Crippen molar-refractivity contribution in [2.75, 3.05) is 11.4 Å². The summed E-state index contributed by atoms with van der Waals surface area (Å²) in [6, 6.07) is 15.4. The van der Waals surface area contributed by atoms with E-state index in [-0.39, 0.29) is 11.8 Å². The van der Waals surface area contributed by atoms with Gasteiger partial charge >= 0.3 is 6.03 Å².